The van der Waals surface area contributed by atoms with Crippen molar-refractivity contribution < 1.29 is 27.8 Å². The van der Waals surface area contributed by atoms with Crippen molar-refractivity contribution in [2.75, 3.05) is 20.3 Å². The molecule has 0 aliphatic heterocycles. The quantitative estimate of drug-likeness (QED) is 0.786. The third-order valence-corrected chi connectivity index (χ3v) is 2.79. The lowest BCUT2D eigenvalue weighted by molar-refractivity contribution is -0.175. The van der Waals surface area contributed by atoms with Gasteiger partial charge in [-0.15, -0.1) is 0 Å². The number of aliphatic hydroxyl groups is 1. The van der Waals surface area contributed by atoms with Gasteiger partial charge in [0.15, 0.2) is 0 Å². The van der Waals surface area contributed by atoms with E-state index in [0.717, 1.165) is 0 Å². The van der Waals surface area contributed by atoms with Gasteiger partial charge in [0, 0.05) is 18.1 Å². The van der Waals surface area contributed by atoms with Gasteiger partial charge in [0.2, 0.25) is 0 Å². The number of benzene rings is 1. The second-order valence-corrected chi connectivity index (χ2v) is 4.71. The van der Waals surface area contributed by atoms with Crippen molar-refractivity contribution in [3.8, 4) is 5.75 Å². The Labute approximate surface area is 120 Å². The van der Waals surface area contributed by atoms with E-state index in [1.165, 1.54) is 7.11 Å². The first kappa shape index (κ1) is 17.1. The molecule has 0 radical (unpaired) electrons. The third kappa shape index (κ3) is 6.45. The zero-order chi connectivity index (χ0) is 15.2. The van der Waals surface area contributed by atoms with Crippen molar-refractivity contribution in [1.29, 1.82) is 0 Å². The molecular formula is C13H16ClF3O3. The highest BCUT2D eigenvalue weighted by atomic mass is 35.5. The lowest BCUT2D eigenvalue weighted by atomic mass is 10.0. The van der Waals surface area contributed by atoms with Crippen LogP contribution >= 0.6 is 11.6 Å². The standard InChI is InChI=1S/C13H16ClF3O3/c1-19-12-3-2-10(14)6-9(12)7-11(18)4-5-20-8-13(15,16)17/h2-3,6,11,18H,4-5,7-8H2,1H3. The average Bonchev–Trinajstić information content (AvgIpc) is 2.34. The number of halogens is 4. The Bertz CT molecular complexity index is 424. The number of rotatable bonds is 7. The van der Waals surface area contributed by atoms with E-state index >= 15 is 0 Å². The van der Waals surface area contributed by atoms with Gasteiger partial charge < -0.3 is 14.6 Å². The van der Waals surface area contributed by atoms with Crippen LogP contribution in [-0.2, 0) is 11.2 Å². The van der Waals surface area contributed by atoms with Crippen molar-refractivity contribution in [3.05, 3.63) is 28.8 Å². The minimum absolute atomic E-state index is 0.103. The molecule has 1 N–H and O–H groups in total. The van der Waals surface area contributed by atoms with Crippen molar-refractivity contribution in [2.24, 2.45) is 0 Å². The SMILES string of the molecule is COc1ccc(Cl)cc1CC(O)CCOCC(F)(F)F. The molecule has 0 bridgehead atoms. The Balaban J connectivity index is 2.42. The minimum Gasteiger partial charge on any atom is -0.496 e. The second kappa shape index (κ2) is 7.71. The molecule has 0 amide bonds. The molecule has 0 heterocycles. The van der Waals surface area contributed by atoms with Gasteiger partial charge in [0.05, 0.1) is 13.2 Å². The van der Waals surface area contributed by atoms with Crippen LogP contribution in [0, 0.1) is 0 Å². The van der Waals surface area contributed by atoms with Crippen molar-refractivity contribution in [2.45, 2.75) is 25.1 Å². The summed E-state index contributed by atoms with van der Waals surface area (Å²) in [6.45, 7) is -1.47. The molecule has 0 saturated carbocycles. The van der Waals surface area contributed by atoms with E-state index in [1.807, 2.05) is 0 Å². The van der Waals surface area contributed by atoms with E-state index < -0.39 is 18.9 Å². The van der Waals surface area contributed by atoms with Gasteiger partial charge in [-0.2, -0.15) is 13.2 Å². The van der Waals surface area contributed by atoms with E-state index in [2.05, 4.69) is 4.74 Å². The van der Waals surface area contributed by atoms with Crippen LogP contribution in [0.2, 0.25) is 5.02 Å². The summed E-state index contributed by atoms with van der Waals surface area (Å²) in [5, 5.41) is 10.3. The van der Waals surface area contributed by atoms with Crippen LogP contribution in [0.25, 0.3) is 0 Å². The van der Waals surface area contributed by atoms with E-state index in [-0.39, 0.29) is 19.4 Å². The van der Waals surface area contributed by atoms with Crippen molar-refractivity contribution in [3.63, 3.8) is 0 Å². The lowest BCUT2D eigenvalue weighted by Gasteiger charge is -2.14. The number of aliphatic hydroxyl groups excluding tert-OH is 1. The molecule has 0 fully saturated rings. The Kier molecular flexibility index (Phi) is 6.58. The fraction of sp³-hybridized carbons (Fsp3) is 0.538. The predicted octanol–water partition coefficient (Wildman–Crippen LogP) is 3.22. The van der Waals surface area contributed by atoms with Gasteiger partial charge in [-0.25, -0.2) is 0 Å². The third-order valence-electron chi connectivity index (χ3n) is 2.56. The van der Waals surface area contributed by atoms with Gasteiger partial charge in [0.1, 0.15) is 12.4 Å². The van der Waals surface area contributed by atoms with Gasteiger partial charge in [-0.05, 0) is 30.2 Å². The Morgan fingerprint density at radius 2 is 2.05 bits per heavy atom. The smallest absolute Gasteiger partial charge is 0.411 e. The van der Waals surface area contributed by atoms with Crippen LogP contribution < -0.4 is 4.74 Å². The number of hydrogen-bond acceptors (Lipinski definition) is 3. The first-order chi connectivity index (χ1) is 9.31. The van der Waals surface area contributed by atoms with Crippen molar-refractivity contribution in [1.82, 2.24) is 0 Å². The second-order valence-electron chi connectivity index (χ2n) is 4.27. The van der Waals surface area contributed by atoms with Crippen LogP contribution in [-0.4, -0.2) is 37.7 Å². The summed E-state index contributed by atoms with van der Waals surface area (Å²) in [6.07, 6.45) is -4.83. The lowest BCUT2D eigenvalue weighted by Crippen LogP contribution is -2.20. The average molecular weight is 313 g/mol. The Morgan fingerprint density at radius 3 is 2.65 bits per heavy atom. The normalized spacial score (nSPS) is 13.3. The first-order valence-corrected chi connectivity index (χ1v) is 6.34. The Morgan fingerprint density at radius 1 is 1.35 bits per heavy atom. The highest BCUT2D eigenvalue weighted by molar-refractivity contribution is 6.30. The predicted molar refractivity (Wildman–Crippen MR) is 69.2 cm³/mol. The largest absolute Gasteiger partial charge is 0.496 e. The maximum atomic E-state index is 11.9. The molecule has 0 aliphatic rings. The molecule has 1 atom stereocenters. The molecule has 0 aromatic heterocycles. The van der Waals surface area contributed by atoms with E-state index in [1.54, 1.807) is 18.2 Å². The summed E-state index contributed by atoms with van der Waals surface area (Å²) < 4.78 is 45.1. The molecule has 1 rings (SSSR count). The molecule has 1 aromatic carbocycles. The molecule has 0 saturated heterocycles. The van der Waals surface area contributed by atoms with Gasteiger partial charge >= 0.3 is 6.18 Å². The van der Waals surface area contributed by atoms with Gasteiger partial charge in [-0.3, -0.25) is 0 Å². The molecule has 0 spiro atoms. The van der Waals surface area contributed by atoms with Crippen LogP contribution in [0.3, 0.4) is 0 Å². The van der Waals surface area contributed by atoms with Crippen LogP contribution in [0.4, 0.5) is 13.2 Å². The van der Waals surface area contributed by atoms with Gasteiger partial charge in [0.25, 0.3) is 0 Å². The van der Waals surface area contributed by atoms with Crippen LogP contribution in [0.15, 0.2) is 18.2 Å². The van der Waals surface area contributed by atoms with E-state index in [0.29, 0.717) is 16.3 Å². The summed E-state index contributed by atoms with van der Waals surface area (Å²) in [5.41, 5.74) is 0.698. The highest BCUT2D eigenvalue weighted by Gasteiger charge is 2.27. The molecule has 114 valence electrons. The van der Waals surface area contributed by atoms with E-state index in [4.69, 9.17) is 16.3 Å². The molecule has 20 heavy (non-hydrogen) atoms. The maximum absolute atomic E-state index is 11.9. The Hall–Kier alpha value is -0.980. The highest BCUT2D eigenvalue weighted by Crippen LogP contribution is 2.24. The van der Waals surface area contributed by atoms with Crippen molar-refractivity contribution >= 4 is 11.6 Å². The monoisotopic (exact) mass is 312 g/mol. The van der Waals surface area contributed by atoms with Crippen LogP contribution in [0.1, 0.15) is 12.0 Å². The summed E-state index contributed by atoms with van der Waals surface area (Å²) in [6, 6.07) is 4.98. The topological polar surface area (TPSA) is 38.7 Å². The van der Waals surface area contributed by atoms with Crippen LogP contribution in [0.5, 0.6) is 5.75 Å². The summed E-state index contributed by atoms with van der Waals surface area (Å²) >= 11 is 5.85. The summed E-state index contributed by atoms with van der Waals surface area (Å²) in [4.78, 5) is 0. The molecule has 3 nitrogen and oxygen atoms in total. The number of methoxy groups -OCH3 is 1. The van der Waals surface area contributed by atoms with E-state index in [9.17, 15) is 18.3 Å². The summed E-state index contributed by atoms with van der Waals surface area (Å²) in [5.74, 6) is 0.574. The number of ether oxygens (including phenoxy) is 2. The first-order valence-electron chi connectivity index (χ1n) is 5.97. The fourth-order valence-corrected chi connectivity index (χ4v) is 1.86. The molecule has 0 aliphatic carbocycles. The number of alkyl halides is 3. The minimum atomic E-state index is -4.35. The molecule has 7 heteroatoms. The zero-order valence-corrected chi connectivity index (χ0v) is 11.7. The number of hydrogen-bond donors (Lipinski definition) is 1. The molecule has 1 unspecified atom stereocenters. The molecular weight excluding hydrogens is 297 g/mol. The fourth-order valence-electron chi connectivity index (χ4n) is 1.67. The summed E-state index contributed by atoms with van der Waals surface area (Å²) in [7, 11) is 1.49. The molecule has 1 aromatic rings. The maximum Gasteiger partial charge on any atom is 0.411 e. The zero-order valence-electron chi connectivity index (χ0n) is 10.9. The van der Waals surface area contributed by atoms with Gasteiger partial charge in [-0.1, -0.05) is 11.6 Å².